The van der Waals surface area contributed by atoms with Crippen molar-refractivity contribution in [2.45, 2.75) is 61.8 Å². The van der Waals surface area contributed by atoms with Crippen molar-refractivity contribution in [2.75, 3.05) is 6.61 Å². The van der Waals surface area contributed by atoms with Gasteiger partial charge in [-0.25, -0.2) is 0 Å². The van der Waals surface area contributed by atoms with Crippen molar-refractivity contribution >= 4 is 15.9 Å². The average Bonchev–Trinajstić information content (AvgIpc) is 2.60. The lowest BCUT2D eigenvalue weighted by atomic mass is 9.81. The topological polar surface area (TPSA) is 151 Å². The average molecular weight is 418 g/mol. The van der Waals surface area contributed by atoms with Crippen LogP contribution < -0.4 is 0 Å². The SMILES string of the molecule is CC(=O)C1(O)CC(O)C([C@@H](C)O)C(C[C@H](O)COS(=O)(=O)c2ccccc2)O1. The van der Waals surface area contributed by atoms with Gasteiger partial charge in [0.2, 0.25) is 5.79 Å². The first-order chi connectivity index (χ1) is 13.0. The number of carbonyl (C=O) groups is 1. The van der Waals surface area contributed by atoms with Crippen LogP contribution >= 0.6 is 0 Å². The Balaban J connectivity index is 2.07. The maximum absolute atomic E-state index is 12.1. The lowest BCUT2D eigenvalue weighted by molar-refractivity contribution is -0.285. The van der Waals surface area contributed by atoms with Gasteiger partial charge in [0, 0.05) is 25.7 Å². The van der Waals surface area contributed by atoms with Crippen LogP contribution in [0.15, 0.2) is 35.2 Å². The summed E-state index contributed by atoms with van der Waals surface area (Å²) >= 11 is 0. The van der Waals surface area contributed by atoms with E-state index < -0.39 is 65.0 Å². The number of ether oxygens (including phenoxy) is 1. The molecule has 4 unspecified atom stereocenters. The highest BCUT2D eigenvalue weighted by Crippen LogP contribution is 2.36. The number of rotatable bonds is 8. The van der Waals surface area contributed by atoms with Crippen LogP contribution in [0.1, 0.15) is 26.7 Å². The van der Waals surface area contributed by atoms with E-state index in [1.165, 1.54) is 31.2 Å². The molecule has 0 aromatic heterocycles. The van der Waals surface area contributed by atoms with Gasteiger partial charge < -0.3 is 25.2 Å². The molecule has 0 aliphatic carbocycles. The third kappa shape index (κ3) is 5.35. The summed E-state index contributed by atoms with van der Waals surface area (Å²) in [7, 11) is -4.08. The van der Waals surface area contributed by atoms with E-state index in [4.69, 9.17) is 8.92 Å². The zero-order valence-corrected chi connectivity index (χ0v) is 16.4. The van der Waals surface area contributed by atoms with Gasteiger partial charge in [-0.15, -0.1) is 0 Å². The predicted molar refractivity (Wildman–Crippen MR) is 96.5 cm³/mol. The van der Waals surface area contributed by atoms with E-state index in [2.05, 4.69) is 0 Å². The Kier molecular flexibility index (Phi) is 7.32. The zero-order chi connectivity index (χ0) is 21.1. The van der Waals surface area contributed by atoms with Crippen LogP contribution in [0.25, 0.3) is 0 Å². The molecule has 4 N–H and O–H groups in total. The van der Waals surface area contributed by atoms with E-state index in [1.807, 2.05) is 0 Å². The third-order valence-corrected chi connectivity index (χ3v) is 6.06. The molecule has 0 bridgehead atoms. The van der Waals surface area contributed by atoms with Crippen LogP contribution in [0, 0.1) is 5.92 Å². The Labute approximate surface area is 163 Å². The monoisotopic (exact) mass is 418 g/mol. The Morgan fingerprint density at radius 3 is 2.46 bits per heavy atom. The van der Waals surface area contributed by atoms with Crippen LogP contribution in [0.2, 0.25) is 0 Å². The molecule has 1 fully saturated rings. The van der Waals surface area contributed by atoms with Gasteiger partial charge in [0.05, 0.1) is 35.9 Å². The van der Waals surface area contributed by atoms with Gasteiger partial charge in [0.25, 0.3) is 10.1 Å². The lowest BCUT2D eigenvalue weighted by Crippen LogP contribution is -2.58. The van der Waals surface area contributed by atoms with Gasteiger partial charge in [0.15, 0.2) is 5.78 Å². The van der Waals surface area contributed by atoms with E-state index in [0.717, 1.165) is 6.92 Å². The maximum atomic E-state index is 12.1. The summed E-state index contributed by atoms with van der Waals surface area (Å²) in [5, 5.41) is 40.7. The minimum absolute atomic E-state index is 0.0700. The number of hydrogen-bond donors (Lipinski definition) is 4. The van der Waals surface area contributed by atoms with Gasteiger partial charge in [-0.1, -0.05) is 18.2 Å². The van der Waals surface area contributed by atoms with Crippen molar-refractivity contribution in [3.8, 4) is 0 Å². The first-order valence-corrected chi connectivity index (χ1v) is 10.3. The van der Waals surface area contributed by atoms with Crippen molar-refractivity contribution in [3.63, 3.8) is 0 Å². The molecule has 10 heteroatoms. The first-order valence-electron chi connectivity index (χ1n) is 8.86. The number of aliphatic hydroxyl groups excluding tert-OH is 3. The van der Waals surface area contributed by atoms with Crippen molar-refractivity contribution in [2.24, 2.45) is 5.92 Å². The minimum atomic E-state index is -4.08. The van der Waals surface area contributed by atoms with Crippen molar-refractivity contribution in [3.05, 3.63) is 30.3 Å². The number of hydrogen-bond acceptors (Lipinski definition) is 9. The summed E-state index contributed by atoms with van der Waals surface area (Å²) < 4.78 is 34.5. The molecule has 1 saturated heterocycles. The molecule has 2 rings (SSSR count). The highest BCUT2D eigenvalue weighted by Gasteiger charge is 2.50. The maximum Gasteiger partial charge on any atom is 0.297 e. The molecular weight excluding hydrogens is 392 g/mol. The fourth-order valence-electron chi connectivity index (χ4n) is 3.27. The Morgan fingerprint density at radius 2 is 1.93 bits per heavy atom. The van der Waals surface area contributed by atoms with Gasteiger partial charge in [0.1, 0.15) is 0 Å². The summed E-state index contributed by atoms with van der Waals surface area (Å²) in [6, 6.07) is 7.39. The number of carbonyl (C=O) groups excluding carboxylic acids is 1. The fourth-order valence-corrected chi connectivity index (χ4v) is 4.23. The molecule has 1 aliphatic heterocycles. The van der Waals surface area contributed by atoms with Gasteiger partial charge >= 0.3 is 0 Å². The summed E-state index contributed by atoms with van der Waals surface area (Å²) in [6.07, 6.45) is -5.45. The third-order valence-electron chi connectivity index (χ3n) is 4.76. The highest BCUT2D eigenvalue weighted by molar-refractivity contribution is 7.86. The van der Waals surface area contributed by atoms with E-state index in [0.29, 0.717) is 0 Å². The first kappa shape index (κ1) is 22.9. The Hall–Kier alpha value is -1.40. The fraction of sp³-hybridized carbons (Fsp3) is 0.611. The quantitative estimate of drug-likeness (QED) is 0.412. The van der Waals surface area contributed by atoms with Gasteiger partial charge in [-0.05, 0) is 19.1 Å². The molecule has 158 valence electrons. The van der Waals surface area contributed by atoms with Crippen molar-refractivity contribution in [1.29, 1.82) is 0 Å². The molecule has 28 heavy (non-hydrogen) atoms. The second-order valence-electron chi connectivity index (χ2n) is 7.03. The van der Waals surface area contributed by atoms with Crippen LogP contribution in [-0.2, 0) is 23.8 Å². The summed E-state index contributed by atoms with van der Waals surface area (Å²) in [5.74, 6) is -3.86. The van der Waals surface area contributed by atoms with Crippen LogP contribution in [0.5, 0.6) is 0 Å². The van der Waals surface area contributed by atoms with E-state index in [-0.39, 0.29) is 11.3 Å². The van der Waals surface area contributed by atoms with E-state index in [9.17, 15) is 33.6 Å². The smallest absolute Gasteiger partial charge is 0.297 e. The lowest BCUT2D eigenvalue weighted by Gasteiger charge is -2.44. The standard InChI is InChI=1S/C18H26O9S/c1-11(19)17-15(22)9-18(23,12(2)20)27-16(17)8-13(21)10-26-28(24,25)14-6-4-3-5-7-14/h3-7,11,13,15-17,19,21-23H,8-10H2,1-2H3/t11-,13+,15?,16?,17?,18?/m1/s1. The Bertz CT molecular complexity index is 765. The molecule has 0 amide bonds. The molecule has 0 spiro atoms. The normalized spacial score (nSPS) is 30.6. The van der Waals surface area contributed by atoms with Crippen LogP contribution in [0.4, 0.5) is 0 Å². The molecule has 9 nitrogen and oxygen atoms in total. The van der Waals surface area contributed by atoms with Crippen molar-refractivity contribution in [1.82, 2.24) is 0 Å². The molecule has 1 heterocycles. The molecular formula is C18H26O9S. The molecule has 1 aliphatic rings. The predicted octanol–water partition coefficient (Wildman–Crippen LogP) is -0.433. The molecule has 6 atom stereocenters. The summed E-state index contributed by atoms with van der Waals surface area (Å²) in [6.45, 7) is 1.90. The number of benzene rings is 1. The largest absolute Gasteiger partial charge is 0.393 e. The Morgan fingerprint density at radius 1 is 1.32 bits per heavy atom. The molecule has 0 radical (unpaired) electrons. The molecule has 1 aromatic carbocycles. The van der Waals surface area contributed by atoms with Crippen molar-refractivity contribution < 1.29 is 42.6 Å². The second kappa shape index (κ2) is 8.95. The molecule has 1 aromatic rings. The van der Waals surface area contributed by atoms with E-state index >= 15 is 0 Å². The summed E-state index contributed by atoms with van der Waals surface area (Å²) in [5.41, 5.74) is 0. The van der Waals surface area contributed by atoms with Crippen LogP contribution in [-0.4, -0.2) is 71.4 Å². The van der Waals surface area contributed by atoms with E-state index in [1.54, 1.807) is 6.07 Å². The number of aliphatic hydroxyl groups is 4. The number of ketones is 1. The second-order valence-corrected chi connectivity index (χ2v) is 8.64. The zero-order valence-electron chi connectivity index (χ0n) is 15.6. The minimum Gasteiger partial charge on any atom is -0.393 e. The van der Waals surface area contributed by atoms with Crippen LogP contribution in [0.3, 0.4) is 0 Å². The number of Topliss-reactive ketones (excluding diaryl/α,β-unsaturated/α-hetero) is 1. The van der Waals surface area contributed by atoms with Gasteiger partial charge in [-0.3, -0.25) is 8.98 Å². The summed E-state index contributed by atoms with van der Waals surface area (Å²) in [4.78, 5) is 11.6. The highest BCUT2D eigenvalue weighted by atomic mass is 32.2. The van der Waals surface area contributed by atoms with Gasteiger partial charge in [-0.2, -0.15) is 8.42 Å². The molecule has 0 saturated carbocycles.